The fourth-order valence-corrected chi connectivity index (χ4v) is 10.5. The number of alkyl halides is 9. The first-order chi connectivity index (χ1) is 44.9. The monoisotopic (exact) mass is 1400 g/mol. The Morgan fingerprint density at radius 2 is 0.695 bits per heavy atom. The first kappa shape index (κ1) is 71.9. The average Bonchev–Trinajstić information content (AvgIpc) is 1.97. The van der Waals surface area contributed by atoms with Crippen molar-refractivity contribution in [1.29, 1.82) is 0 Å². The molecular formula is C63H60Cl4F9N15O4. The number of nitrogens with one attached hydrogen (secondary N) is 4. The van der Waals surface area contributed by atoms with Crippen molar-refractivity contribution in [3.05, 3.63) is 195 Å². The largest absolute Gasteiger partial charge is 0.481 e. The van der Waals surface area contributed by atoms with E-state index >= 15 is 0 Å². The molecule has 3 aliphatic heterocycles. The maximum absolute atomic E-state index is 12.7. The molecule has 0 saturated carbocycles. The Bertz CT molecular complexity index is 3790. The summed E-state index contributed by atoms with van der Waals surface area (Å²) in [5.41, 5.74) is 1.07. The van der Waals surface area contributed by atoms with Gasteiger partial charge in [0.1, 0.15) is 52.0 Å². The molecule has 3 aliphatic rings. The Kier molecular flexibility index (Phi) is 24.6. The Morgan fingerprint density at radius 3 is 0.958 bits per heavy atom. The number of carbonyl (C=O) groups is 3. The van der Waals surface area contributed by atoms with Crippen molar-refractivity contribution in [2.24, 2.45) is 0 Å². The van der Waals surface area contributed by atoms with Crippen molar-refractivity contribution in [2.45, 2.75) is 37.8 Å². The van der Waals surface area contributed by atoms with Gasteiger partial charge in [-0.3, -0.25) is 14.4 Å². The van der Waals surface area contributed by atoms with E-state index < -0.39 is 41.6 Å². The van der Waals surface area contributed by atoms with E-state index in [1.807, 2.05) is 46.2 Å². The fraction of sp³-hybridized carbons (Fsp3) is 0.286. The number of amides is 2. The molecule has 2 amide bonds. The normalized spacial score (nSPS) is 14.3. The van der Waals surface area contributed by atoms with Crippen LogP contribution in [0.2, 0.25) is 15.1 Å². The molecule has 9 aromatic rings. The molecule has 95 heavy (non-hydrogen) atoms. The third-order valence-electron chi connectivity index (χ3n) is 15.0. The number of rotatable bonds is 12. The molecule has 0 aliphatic carbocycles. The second-order valence-electron chi connectivity index (χ2n) is 21.3. The third kappa shape index (κ3) is 20.0. The number of carbonyl (C=O) groups excluding carboxylic acids is 2. The number of piperazine rings is 3. The van der Waals surface area contributed by atoms with Gasteiger partial charge in [0.15, 0.2) is 0 Å². The lowest BCUT2D eigenvalue weighted by atomic mass is 10.1. The lowest BCUT2D eigenvalue weighted by Gasteiger charge is -2.35. The van der Waals surface area contributed by atoms with E-state index in [-0.39, 0.29) is 61.0 Å². The van der Waals surface area contributed by atoms with Gasteiger partial charge in [-0.1, -0.05) is 89.4 Å². The molecule has 0 spiro atoms. The van der Waals surface area contributed by atoms with Crippen LogP contribution in [0.5, 0.6) is 0 Å². The molecular weight excluding hydrogens is 1340 g/mol. The number of benzene rings is 3. The van der Waals surface area contributed by atoms with Crippen LogP contribution in [0.25, 0.3) is 34.2 Å². The molecule has 0 bridgehead atoms. The minimum absolute atomic E-state index is 0. The topological polar surface area (TPSA) is 224 Å². The van der Waals surface area contributed by atoms with Gasteiger partial charge >= 0.3 is 24.5 Å². The van der Waals surface area contributed by atoms with Crippen LogP contribution < -0.4 is 20.0 Å². The number of halogens is 13. The number of carboxylic acid groups (broad SMARTS) is 1. The average molecular weight is 1400 g/mol. The van der Waals surface area contributed by atoms with Crippen molar-refractivity contribution in [1.82, 2.24) is 60.0 Å². The zero-order chi connectivity index (χ0) is 67.2. The van der Waals surface area contributed by atoms with E-state index in [2.05, 4.69) is 55.1 Å². The minimum atomic E-state index is -4.47. The van der Waals surface area contributed by atoms with Gasteiger partial charge in [0.2, 0.25) is 11.8 Å². The molecule has 6 aromatic heterocycles. The lowest BCUT2D eigenvalue weighted by molar-refractivity contribution is -0.141. The summed E-state index contributed by atoms with van der Waals surface area (Å²) in [6.45, 7) is 8.20. The number of imidazole rings is 3. The molecule has 32 heteroatoms. The Hall–Kier alpha value is -8.96. The number of aromatic amines is 3. The summed E-state index contributed by atoms with van der Waals surface area (Å²) < 4.78 is 114. The van der Waals surface area contributed by atoms with E-state index in [1.54, 1.807) is 82.6 Å². The molecule has 5 N–H and O–H groups in total. The number of carboxylic acids is 1. The minimum Gasteiger partial charge on any atom is -0.481 e. The number of aromatic nitrogens is 9. The summed E-state index contributed by atoms with van der Waals surface area (Å²) in [6.07, 6.45) is -6.01. The Morgan fingerprint density at radius 1 is 0.400 bits per heavy atom. The van der Waals surface area contributed by atoms with Crippen LogP contribution in [0, 0.1) is 0 Å². The van der Waals surface area contributed by atoms with E-state index in [9.17, 15) is 53.9 Å². The van der Waals surface area contributed by atoms with Crippen LogP contribution in [0.15, 0.2) is 146 Å². The highest BCUT2D eigenvalue weighted by atomic mass is 35.5. The molecule has 0 radical (unpaired) electrons. The molecule has 0 atom stereocenters. The van der Waals surface area contributed by atoms with Gasteiger partial charge in [-0.05, 0) is 71.3 Å². The molecule has 502 valence electrons. The number of hydrogen-bond acceptors (Lipinski definition) is 13. The lowest BCUT2D eigenvalue weighted by Crippen LogP contribution is -2.49. The van der Waals surface area contributed by atoms with Crippen molar-refractivity contribution in [3.63, 3.8) is 0 Å². The highest BCUT2D eigenvalue weighted by molar-refractivity contribution is 6.32. The summed E-state index contributed by atoms with van der Waals surface area (Å²) in [7, 11) is 0. The molecule has 9 heterocycles. The summed E-state index contributed by atoms with van der Waals surface area (Å²) in [5.74, 6) is 1.79. The second kappa shape index (κ2) is 32.5. The molecule has 3 fully saturated rings. The second-order valence-corrected chi connectivity index (χ2v) is 22.5. The molecule has 0 unspecified atom stereocenters. The highest BCUT2D eigenvalue weighted by Crippen LogP contribution is 2.33. The van der Waals surface area contributed by atoms with Gasteiger partial charge in [0, 0.05) is 129 Å². The van der Waals surface area contributed by atoms with Crippen LogP contribution in [0.4, 0.5) is 57.0 Å². The van der Waals surface area contributed by atoms with E-state index in [0.29, 0.717) is 101 Å². The van der Waals surface area contributed by atoms with Crippen molar-refractivity contribution >= 4 is 82.4 Å². The number of aliphatic carboxylic acids is 1. The predicted octanol–water partition coefficient (Wildman–Crippen LogP) is 12.4. The summed E-state index contributed by atoms with van der Waals surface area (Å²) in [5, 5.41) is 13.4. The Labute approximate surface area is 559 Å². The molecule has 19 nitrogen and oxygen atoms in total. The van der Waals surface area contributed by atoms with Gasteiger partial charge in [0.05, 0.1) is 37.9 Å². The standard InChI is InChI=1S/2C21H19ClF3N5O.C13H14F3N5.C8H7ClO2.ClH/c2*22-16-4-2-1-3-14(16)11-19(31)30-9-7-29(8-10-30)18-6-5-15(12-26-18)20-27-13-17(28-20)21(23,24)25;14-13(15,16)10-8-19-12(20-10)9-1-2-11(18-7-9)21-5-3-17-4-6-21;9-7-4-2-1-3-6(7)5-8(10)11;/h2*1-6,12-13H,7-11H2,(H,27,28);1-2,7-8,17H,3-6H2,(H,19,20);1-4H,5H2,(H,10,11);1H. The van der Waals surface area contributed by atoms with Gasteiger partial charge < -0.3 is 49.9 Å². The van der Waals surface area contributed by atoms with Gasteiger partial charge in [-0.15, -0.1) is 12.4 Å². The predicted molar refractivity (Wildman–Crippen MR) is 343 cm³/mol. The van der Waals surface area contributed by atoms with Gasteiger partial charge in [0.25, 0.3) is 0 Å². The molecule has 3 saturated heterocycles. The van der Waals surface area contributed by atoms with E-state index in [4.69, 9.17) is 39.9 Å². The van der Waals surface area contributed by atoms with Gasteiger partial charge in [-0.2, -0.15) is 39.5 Å². The maximum atomic E-state index is 12.7. The highest BCUT2D eigenvalue weighted by Gasteiger charge is 2.35. The van der Waals surface area contributed by atoms with Crippen LogP contribution in [0.3, 0.4) is 0 Å². The van der Waals surface area contributed by atoms with Crippen LogP contribution in [-0.2, 0) is 52.2 Å². The first-order valence-electron chi connectivity index (χ1n) is 29.0. The maximum Gasteiger partial charge on any atom is 0.432 e. The number of anilines is 3. The fourth-order valence-electron chi connectivity index (χ4n) is 9.88. The quantitative estimate of drug-likeness (QED) is 0.0718. The summed E-state index contributed by atoms with van der Waals surface area (Å²) >= 11 is 18.0. The SMILES string of the molecule is Cl.FC(F)(F)c1cnc(-c2ccc(N3CCNCC3)nc2)[nH]1.O=C(Cc1ccccc1Cl)N1CCN(c2ccc(-c3ncc(C(F)(F)F)[nH]3)cn2)CC1.O=C(Cc1ccccc1Cl)N1CCN(c2ccc(-c3ncc(C(F)(F)F)[nH]3)cn2)CC1.O=C(O)Cc1ccccc1Cl. The summed E-state index contributed by atoms with van der Waals surface area (Å²) in [4.78, 5) is 76.4. The van der Waals surface area contributed by atoms with Crippen molar-refractivity contribution in [3.8, 4) is 34.2 Å². The van der Waals surface area contributed by atoms with Crippen LogP contribution in [-0.4, -0.2) is 156 Å². The number of pyridine rings is 3. The number of hydrogen-bond donors (Lipinski definition) is 5. The zero-order valence-electron chi connectivity index (χ0n) is 50.0. The zero-order valence-corrected chi connectivity index (χ0v) is 53.1. The number of H-pyrrole nitrogens is 3. The molecule has 3 aromatic carbocycles. The number of nitrogens with zero attached hydrogens (tertiary/aromatic N) is 11. The van der Waals surface area contributed by atoms with E-state index in [0.717, 1.165) is 61.7 Å². The smallest absolute Gasteiger partial charge is 0.432 e. The van der Waals surface area contributed by atoms with E-state index in [1.165, 1.54) is 18.6 Å². The summed E-state index contributed by atoms with van der Waals surface area (Å²) in [6, 6.07) is 31.9. The Balaban J connectivity index is 0.000000170. The van der Waals surface area contributed by atoms with Gasteiger partial charge in [-0.25, -0.2) is 29.9 Å². The molecule has 12 rings (SSSR count). The van der Waals surface area contributed by atoms with Crippen molar-refractivity contribution in [2.75, 3.05) is 93.2 Å². The third-order valence-corrected chi connectivity index (χ3v) is 16.1. The van der Waals surface area contributed by atoms with Crippen LogP contribution >= 0.6 is 47.2 Å². The first-order valence-corrected chi connectivity index (χ1v) is 30.2. The van der Waals surface area contributed by atoms with Crippen LogP contribution in [0.1, 0.15) is 33.8 Å². The van der Waals surface area contributed by atoms with Crippen molar-refractivity contribution < 1.29 is 59.0 Å².